The quantitative estimate of drug-likeness (QED) is 0.452. The molecule has 0 bridgehead atoms. The van der Waals surface area contributed by atoms with Gasteiger partial charge in [-0.2, -0.15) is 0 Å². The largest absolute Gasteiger partial charge is 0.465 e. The normalized spacial score (nSPS) is 10.6. The topological polar surface area (TPSA) is 86.1 Å². The van der Waals surface area contributed by atoms with Crippen LogP contribution in [0.25, 0.3) is 0 Å². The number of methoxy groups -OCH3 is 1. The Morgan fingerprint density at radius 3 is 2.45 bits per heavy atom. The monoisotopic (exact) mass is 410 g/mol. The first-order valence-corrected chi connectivity index (χ1v) is 10.2. The summed E-state index contributed by atoms with van der Waals surface area (Å²) in [6.45, 7) is 2.76. The SMILES string of the molecule is CCn1c(Cc2ccccc2)nnc1SCC(=O)Nc1ccc(C(=O)OC)cc1. The van der Waals surface area contributed by atoms with E-state index in [9.17, 15) is 9.59 Å². The number of carbonyl (C=O) groups excluding carboxylic acids is 2. The van der Waals surface area contributed by atoms with Crippen LogP contribution in [-0.2, 0) is 22.5 Å². The maximum atomic E-state index is 12.3. The summed E-state index contributed by atoms with van der Waals surface area (Å²) in [5.41, 5.74) is 2.21. The highest BCUT2D eigenvalue weighted by molar-refractivity contribution is 7.99. The van der Waals surface area contributed by atoms with Gasteiger partial charge in [0.15, 0.2) is 5.16 Å². The van der Waals surface area contributed by atoms with Crippen LogP contribution in [0.1, 0.15) is 28.7 Å². The van der Waals surface area contributed by atoms with Gasteiger partial charge in [0, 0.05) is 18.7 Å². The highest BCUT2D eigenvalue weighted by atomic mass is 32.2. The third kappa shape index (κ3) is 5.45. The lowest BCUT2D eigenvalue weighted by Crippen LogP contribution is -2.15. The molecule has 0 aliphatic heterocycles. The van der Waals surface area contributed by atoms with Gasteiger partial charge in [-0.3, -0.25) is 4.79 Å². The first kappa shape index (κ1) is 20.6. The number of nitrogens with zero attached hydrogens (tertiary/aromatic N) is 3. The van der Waals surface area contributed by atoms with Crippen LogP contribution in [0.2, 0.25) is 0 Å². The molecule has 0 unspecified atom stereocenters. The van der Waals surface area contributed by atoms with Crippen molar-refractivity contribution in [3.05, 3.63) is 71.5 Å². The number of hydrogen-bond acceptors (Lipinski definition) is 6. The first-order valence-electron chi connectivity index (χ1n) is 9.17. The third-order valence-corrected chi connectivity index (χ3v) is 5.20. The van der Waals surface area contributed by atoms with Crippen LogP contribution in [0.15, 0.2) is 59.8 Å². The van der Waals surface area contributed by atoms with Crippen LogP contribution >= 0.6 is 11.8 Å². The lowest BCUT2D eigenvalue weighted by molar-refractivity contribution is -0.113. The summed E-state index contributed by atoms with van der Waals surface area (Å²) in [6.07, 6.45) is 0.695. The minimum absolute atomic E-state index is 0.156. The van der Waals surface area contributed by atoms with Crippen molar-refractivity contribution in [2.24, 2.45) is 0 Å². The van der Waals surface area contributed by atoms with Gasteiger partial charge in [-0.15, -0.1) is 10.2 Å². The molecular formula is C21H22N4O3S. The molecular weight excluding hydrogens is 388 g/mol. The first-order chi connectivity index (χ1) is 14.1. The number of hydrogen-bond donors (Lipinski definition) is 1. The number of esters is 1. The number of carbonyl (C=O) groups is 2. The van der Waals surface area contributed by atoms with Gasteiger partial charge in [-0.1, -0.05) is 42.1 Å². The fourth-order valence-corrected chi connectivity index (χ4v) is 3.61. The van der Waals surface area contributed by atoms with Gasteiger partial charge < -0.3 is 14.6 Å². The van der Waals surface area contributed by atoms with Crippen molar-refractivity contribution in [2.45, 2.75) is 25.0 Å². The van der Waals surface area contributed by atoms with Crippen molar-refractivity contribution < 1.29 is 14.3 Å². The summed E-state index contributed by atoms with van der Waals surface area (Å²) in [4.78, 5) is 23.7. The zero-order valence-corrected chi connectivity index (χ0v) is 17.1. The number of thioether (sulfide) groups is 1. The summed E-state index contributed by atoms with van der Waals surface area (Å²) in [5.74, 6) is 0.516. The summed E-state index contributed by atoms with van der Waals surface area (Å²) in [5, 5.41) is 12.1. The Kier molecular flexibility index (Phi) is 7.02. The van der Waals surface area contributed by atoms with E-state index < -0.39 is 5.97 Å². The Morgan fingerprint density at radius 2 is 1.79 bits per heavy atom. The molecule has 0 saturated carbocycles. The van der Waals surface area contributed by atoms with Crippen molar-refractivity contribution in [1.82, 2.24) is 14.8 Å². The smallest absolute Gasteiger partial charge is 0.337 e. The lowest BCUT2D eigenvalue weighted by atomic mass is 10.1. The van der Waals surface area contributed by atoms with E-state index in [-0.39, 0.29) is 11.7 Å². The van der Waals surface area contributed by atoms with Crippen molar-refractivity contribution in [3.63, 3.8) is 0 Å². The molecule has 1 heterocycles. The minimum atomic E-state index is -0.413. The number of anilines is 1. The second-order valence-corrected chi connectivity index (χ2v) is 7.15. The van der Waals surface area contributed by atoms with Gasteiger partial charge in [-0.25, -0.2) is 4.79 Å². The summed E-state index contributed by atoms with van der Waals surface area (Å²) >= 11 is 1.35. The Balaban J connectivity index is 1.58. The zero-order chi connectivity index (χ0) is 20.6. The van der Waals surface area contributed by atoms with E-state index in [2.05, 4.69) is 32.4 Å². The standard InChI is InChI=1S/C21H22N4O3S/c1-3-25-18(13-15-7-5-4-6-8-15)23-24-21(25)29-14-19(26)22-17-11-9-16(10-12-17)20(27)28-2/h4-12H,3,13-14H2,1-2H3,(H,22,26). The molecule has 1 amide bonds. The van der Waals surface area contributed by atoms with Gasteiger partial charge in [0.25, 0.3) is 0 Å². The van der Waals surface area contributed by atoms with Crippen LogP contribution in [-0.4, -0.2) is 39.5 Å². The second kappa shape index (κ2) is 9.88. The highest BCUT2D eigenvalue weighted by Gasteiger charge is 2.14. The molecule has 8 heteroatoms. The minimum Gasteiger partial charge on any atom is -0.465 e. The molecule has 0 aliphatic rings. The van der Waals surface area contributed by atoms with E-state index in [0.717, 1.165) is 17.5 Å². The molecule has 7 nitrogen and oxygen atoms in total. The van der Waals surface area contributed by atoms with E-state index in [4.69, 9.17) is 0 Å². The van der Waals surface area contributed by atoms with Gasteiger partial charge >= 0.3 is 5.97 Å². The maximum absolute atomic E-state index is 12.3. The lowest BCUT2D eigenvalue weighted by Gasteiger charge is -2.08. The Labute approximate surface area is 173 Å². The Morgan fingerprint density at radius 1 is 1.07 bits per heavy atom. The van der Waals surface area contributed by atoms with Crippen LogP contribution in [0.4, 0.5) is 5.69 Å². The number of nitrogens with one attached hydrogen (secondary N) is 1. The third-order valence-electron chi connectivity index (χ3n) is 4.24. The molecule has 1 N–H and O–H groups in total. The van der Waals surface area contributed by atoms with Crippen molar-refractivity contribution in [2.75, 3.05) is 18.2 Å². The second-order valence-electron chi connectivity index (χ2n) is 6.21. The predicted octanol–water partition coefficient (Wildman–Crippen LogP) is 3.41. The summed E-state index contributed by atoms with van der Waals surface area (Å²) < 4.78 is 6.69. The van der Waals surface area contributed by atoms with E-state index in [1.807, 2.05) is 29.7 Å². The Bertz CT molecular complexity index is 971. The maximum Gasteiger partial charge on any atom is 0.337 e. The van der Waals surface area contributed by atoms with Crippen LogP contribution < -0.4 is 5.32 Å². The Hall–Kier alpha value is -3.13. The molecule has 3 rings (SSSR count). The zero-order valence-electron chi connectivity index (χ0n) is 16.3. The molecule has 29 heavy (non-hydrogen) atoms. The molecule has 0 atom stereocenters. The number of amides is 1. The number of ether oxygens (including phenoxy) is 1. The van der Waals surface area contributed by atoms with Gasteiger partial charge in [0.05, 0.1) is 18.4 Å². The highest BCUT2D eigenvalue weighted by Crippen LogP contribution is 2.19. The van der Waals surface area contributed by atoms with E-state index >= 15 is 0 Å². The molecule has 0 spiro atoms. The molecule has 0 radical (unpaired) electrons. The average Bonchev–Trinajstić information content (AvgIpc) is 3.14. The number of benzene rings is 2. The fraction of sp³-hybridized carbons (Fsp3) is 0.238. The average molecular weight is 410 g/mol. The van der Waals surface area contributed by atoms with Crippen LogP contribution in [0.3, 0.4) is 0 Å². The molecule has 150 valence electrons. The van der Waals surface area contributed by atoms with E-state index in [1.165, 1.54) is 24.4 Å². The molecule has 3 aromatic rings. The summed E-state index contributed by atoms with van der Waals surface area (Å²) in [6, 6.07) is 16.6. The van der Waals surface area contributed by atoms with Crippen LogP contribution in [0, 0.1) is 0 Å². The molecule has 1 aromatic heterocycles. The van der Waals surface area contributed by atoms with Crippen molar-refractivity contribution in [3.8, 4) is 0 Å². The molecule has 2 aromatic carbocycles. The van der Waals surface area contributed by atoms with Gasteiger partial charge in [-0.05, 0) is 36.8 Å². The fourth-order valence-electron chi connectivity index (χ4n) is 2.79. The van der Waals surface area contributed by atoms with E-state index in [1.54, 1.807) is 24.3 Å². The molecule has 0 saturated heterocycles. The number of aromatic nitrogens is 3. The van der Waals surface area contributed by atoms with E-state index in [0.29, 0.717) is 17.7 Å². The van der Waals surface area contributed by atoms with Crippen LogP contribution in [0.5, 0.6) is 0 Å². The molecule has 0 aliphatic carbocycles. The predicted molar refractivity (Wildman–Crippen MR) is 112 cm³/mol. The van der Waals surface area contributed by atoms with Gasteiger partial charge in [0.2, 0.25) is 5.91 Å². The van der Waals surface area contributed by atoms with Crippen molar-refractivity contribution in [1.29, 1.82) is 0 Å². The van der Waals surface area contributed by atoms with Crippen molar-refractivity contribution >= 4 is 29.3 Å². The number of rotatable bonds is 8. The molecule has 0 fully saturated rings. The van der Waals surface area contributed by atoms with Gasteiger partial charge in [0.1, 0.15) is 5.82 Å². The summed E-state index contributed by atoms with van der Waals surface area (Å²) in [7, 11) is 1.33.